The molecule has 0 radical (unpaired) electrons. The Labute approximate surface area is 202 Å². The van der Waals surface area contributed by atoms with Crippen molar-refractivity contribution in [2.24, 2.45) is 0 Å². The molecule has 0 amide bonds. The Morgan fingerprint density at radius 3 is 0.806 bits per heavy atom. The van der Waals surface area contributed by atoms with Gasteiger partial charge >= 0.3 is 0 Å². The van der Waals surface area contributed by atoms with Gasteiger partial charge in [-0.2, -0.15) is 0 Å². The van der Waals surface area contributed by atoms with E-state index in [0.29, 0.717) is 0 Å². The molecule has 188 valence electrons. The van der Waals surface area contributed by atoms with Crippen molar-refractivity contribution in [3.05, 3.63) is 0 Å². The first-order chi connectivity index (χ1) is 15.1. The van der Waals surface area contributed by atoms with Crippen LogP contribution in [0.2, 0.25) is 0 Å². The SMILES string of the molecule is CCCCCCCCCCCCCCP(=O)(Cl)CCCCCCCCCCCCCC. The molecule has 0 N–H and O–H groups in total. The predicted octanol–water partition coefficient (Wildman–Crippen LogP) is 11.9. The van der Waals surface area contributed by atoms with Crippen LogP contribution < -0.4 is 0 Å². The maximum Gasteiger partial charge on any atom is 0.169 e. The molecule has 0 aromatic heterocycles. The highest BCUT2D eigenvalue weighted by Crippen LogP contribution is 2.52. The summed E-state index contributed by atoms with van der Waals surface area (Å²) in [6, 6.07) is 0. The highest BCUT2D eigenvalue weighted by atomic mass is 35.7. The van der Waals surface area contributed by atoms with Crippen LogP contribution in [0.3, 0.4) is 0 Å². The van der Waals surface area contributed by atoms with Crippen molar-refractivity contribution in [3.63, 3.8) is 0 Å². The van der Waals surface area contributed by atoms with E-state index in [1.54, 1.807) is 0 Å². The molecular formula is C28H58ClOP. The number of hydrogen-bond acceptors (Lipinski definition) is 1. The molecule has 0 heterocycles. The van der Waals surface area contributed by atoms with Gasteiger partial charge in [-0.05, 0) is 12.8 Å². The molecule has 0 aliphatic heterocycles. The Balaban J connectivity index is 3.30. The van der Waals surface area contributed by atoms with Crippen LogP contribution in [0.4, 0.5) is 0 Å². The van der Waals surface area contributed by atoms with Gasteiger partial charge in [0.1, 0.15) is 0 Å². The van der Waals surface area contributed by atoms with Gasteiger partial charge < -0.3 is 4.57 Å². The molecule has 0 fully saturated rings. The number of rotatable bonds is 26. The lowest BCUT2D eigenvalue weighted by molar-refractivity contribution is 0.543. The van der Waals surface area contributed by atoms with Gasteiger partial charge in [0.05, 0.1) is 0 Å². The first-order valence-electron chi connectivity index (χ1n) is 14.4. The van der Waals surface area contributed by atoms with Gasteiger partial charge in [0, 0.05) is 12.3 Å². The van der Waals surface area contributed by atoms with E-state index < -0.39 is 6.49 Å². The van der Waals surface area contributed by atoms with Crippen LogP contribution in [0.1, 0.15) is 168 Å². The third kappa shape index (κ3) is 26.7. The van der Waals surface area contributed by atoms with Crippen LogP contribution in [-0.4, -0.2) is 12.3 Å². The maximum absolute atomic E-state index is 12.5. The Morgan fingerprint density at radius 1 is 0.387 bits per heavy atom. The monoisotopic (exact) mass is 476 g/mol. The van der Waals surface area contributed by atoms with E-state index in [2.05, 4.69) is 13.8 Å². The zero-order valence-corrected chi connectivity index (χ0v) is 23.3. The molecule has 0 aromatic carbocycles. The predicted molar refractivity (Wildman–Crippen MR) is 145 cm³/mol. The Bertz CT molecular complexity index is 353. The minimum absolute atomic E-state index is 0.768. The molecule has 0 saturated carbocycles. The van der Waals surface area contributed by atoms with Gasteiger partial charge in [-0.25, -0.2) is 0 Å². The average Bonchev–Trinajstić information content (AvgIpc) is 2.75. The van der Waals surface area contributed by atoms with Gasteiger partial charge in [-0.1, -0.05) is 166 Å². The fourth-order valence-corrected chi connectivity index (χ4v) is 6.82. The van der Waals surface area contributed by atoms with E-state index in [-0.39, 0.29) is 0 Å². The van der Waals surface area contributed by atoms with Gasteiger partial charge in [0.2, 0.25) is 0 Å². The maximum atomic E-state index is 12.5. The number of halogens is 1. The second kappa shape index (κ2) is 25.1. The highest BCUT2D eigenvalue weighted by Gasteiger charge is 2.16. The van der Waals surface area contributed by atoms with Crippen LogP contribution in [0, 0.1) is 0 Å². The molecule has 0 aliphatic carbocycles. The van der Waals surface area contributed by atoms with Crippen molar-refractivity contribution in [1.29, 1.82) is 0 Å². The van der Waals surface area contributed by atoms with Gasteiger partial charge in [-0.3, -0.25) is 0 Å². The zero-order valence-electron chi connectivity index (χ0n) is 21.6. The van der Waals surface area contributed by atoms with Crippen LogP contribution in [0.25, 0.3) is 0 Å². The molecule has 0 unspecified atom stereocenters. The molecular weight excluding hydrogens is 419 g/mol. The van der Waals surface area contributed by atoms with E-state index in [9.17, 15) is 4.57 Å². The lowest BCUT2D eigenvalue weighted by Crippen LogP contribution is -1.92. The standard InChI is InChI=1S/C28H58ClOP/c1-3-5-7-9-11-13-15-17-19-21-23-25-27-31(29,30)28-26-24-22-20-18-16-14-12-10-8-6-4-2/h3-28H2,1-2H3. The molecule has 31 heavy (non-hydrogen) atoms. The quantitative estimate of drug-likeness (QED) is 0.0895. The molecule has 0 atom stereocenters. The van der Waals surface area contributed by atoms with Gasteiger partial charge in [-0.15, -0.1) is 0 Å². The average molecular weight is 477 g/mol. The summed E-state index contributed by atoms with van der Waals surface area (Å²) in [5.74, 6) is 0. The third-order valence-corrected chi connectivity index (χ3v) is 9.67. The second-order valence-corrected chi connectivity index (χ2v) is 14.3. The second-order valence-electron chi connectivity index (χ2n) is 10.0. The Kier molecular flexibility index (Phi) is 25.6. The summed E-state index contributed by atoms with van der Waals surface area (Å²) < 4.78 is 12.5. The Morgan fingerprint density at radius 2 is 0.581 bits per heavy atom. The van der Waals surface area contributed by atoms with Crippen LogP contribution in [0.15, 0.2) is 0 Å². The first-order valence-corrected chi connectivity index (χ1v) is 17.4. The van der Waals surface area contributed by atoms with Crippen molar-refractivity contribution in [2.75, 3.05) is 12.3 Å². The van der Waals surface area contributed by atoms with Crippen molar-refractivity contribution in [1.82, 2.24) is 0 Å². The first kappa shape index (κ1) is 31.5. The molecule has 1 nitrogen and oxygen atoms in total. The van der Waals surface area contributed by atoms with Crippen LogP contribution in [0.5, 0.6) is 0 Å². The highest BCUT2D eigenvalue weighted by molar-refractivity contribution is 7.89. The molecule has 0 rings (SSSR count). The van der Waals surface area contributed by atoms with Gasteiger partial charge in [0.15, 0.2) is 6.49 Å². The summed E-state index contributed by atoms with van der Waals surface area (Å²) in [6.07, 6.45) is 33.8. The minimum atomic E-state index is -2.38. The Hall–Kier alpha value is 0.520. The topological polar surface area (TPSA) is 17.1 Å². The van der Waals surface area contributed by atoms with Crippen molar-refractivity contribution in [3.8, 4) is 0 Å². The number of unbranched alkanes of at least 4 members (excludes halogenated alkanes) is 22. The van der Waals surface area contributed by atoms with Gasteiger partial charge in [0.25, 0.3) is 0 Å². The van der Waals surface area contributed by atoms with E-state index in [0.717, 1.165) is 25.2 Å². The summed E-state index contributed by atoms with van der Waals surface area (Å²) >= 11 is 6.36. The van der Waals surface area contributed by atoms with Crippen LogP contribution in [-0.2, 0) is 4.57 Å². The zero-order chi connectivity index (χ0) is 22.9. The van der Waals surface area contributed by atoms with E-state index in [1.807, 2.05) is 0 Å². The summed E-state index contributed by atoms with van der Waals surface area (Å²) in [5.41, 5.74) is 0. The molecule has 0 saturated heterocycles. The normalized spacial score (nSPS) is 12.0. The van der Waals surface area contributed by atoms with E-state index in [1.165, 1.54) is 141 Å². The van der Waals surface area contributed by atoms with Crippen LogP contribution >= 0.6 is 17.7 Å². The van der Waals surface area contributed by atoms with Crippen molar-refractivity contribution >= 4 is 17.7 Å². The summed E-state index contributed by atoms with van der Waals surface area (Å²) in [7, 11) is 0. The van der Waals surface area contributed by atoms with E-state index >= 15 is 0 Å². The van der Waals surface area contributed by atoms with Crippen molar-refractivity contribution in [2.45, 2.75) is 168 Å². The van der Waals surface area contributed by atoms with E-state index in [4.69, 9.17) is 11.2 Å². The molecule has 0 bridgehead atoms. The molecule has 0 aromatic rings. The number of hydrogen-bond donors (Lipinski definition) is 0. The smallest absolute Gasteiger partial charge is 0.169 e. The summed E-state index contributed by atoms with van der Waals surface area (Å²) in [6.45, 7) is 2.18. The minimum Gasteiger partial charge on any atom is -0.307 e. The fraction of sp³-hybridized carbons (Fsp3) is 1.00. The summed E-state index contributed by atoms with van der Waals surface area (Å²) in [5, 5.41) is 0. The molecule has 3 heteroatoms. The fourth-order valence-electron chi connectivity index (χ4n) is 4.49. The van der Waals surface area contributed by atoms with Crippen molar-refractivity contribution < 1.29 is 4.57 Å². The molecule has 0 aliphatic rings. The molecule has 0 spiro atoms. The lowest BCUT2D eigenvalue weighted by atomic mass is 10.1. The largest absolute Gasteiger partial charge is 0.307 e. The summed E-state index contributed by atoms with van der Waals surface area (Å²) in [4.78, 5) is 0. The third-order valence-electron chi connectivity index (χ3n) is 6.69. The lowest BCUT2D eigenvalue weighted by Gasteiger charge is -2.10.